The Morgan fingerprint density at radius 3 is 1.95 bits per heavy atom. The maximum Gasteiger partial charge on any atom is 0.293 e. The first kappa shape index (κ1) is 16.2. The lowest BCUT2D eigenvalue weighted by Crippen LogP contribution is -2.05. The molecule has 0 unspecified atom stereocenters. The van der Waals surface area contributed by atoms with Crippen molar-refractivity contribution in [3.05, 3.63) is 59.7 Å². The Morgan fingerprint density at radius 1 is 1.00 bits per heavy atom. The first-order chi connectivity index (χ1) is 10.8. The molecule has 3 rings (SSSR count). The Bertz CT molecular complexity index is 560. The fraction of sp³-hybridized carbons (Fsp3) is 0.316. The van der Waals surface area contributed by atoms with Crippen molar-refractivity contribution in [3.8, 4) is 11.1 Å². The molecule has 0 heterocycles. The van der Waals surface area contributed by atoms with Gasteiger partial charge in [0.05, 0.1) is 0 Å². The molecule has 2 aromatic carbocycles. The molecule has 0 aliphatic heterocycles. The van der Waals surface area contributed by atoms with E-state index in [4.69, 9.17) is 9.47 Å². The van der Waals surface area contributed by atoms with E-state index in [1.165, 1.54) is 22.3 Å². The van der Waals surface area contributed by atoms with Crippen LogP contribution >= 0.6 is 0 Å². The zero-order valence-corrected chi connectivity index (χ0v) is 13.1. The molecule has 0 N–H and O–H groups in total. The molecular weight excluding hydrogens is 276 g/mol. The van der Waals surface area contributed by atoms with E-state index in [1.54, 1.807) is 7.11 Å². The van der Waals surface area contributed by atoms with Gasteiger partial charge in [-0.05, 0) is 28.7 Å². The van der Waals surface area contributed by atoms with Crippen LogP contribution in [-0.2, 0) is 14.3 Å². The number of benzene rings is 2. The zero-order valence-electron chi connectivity index (χ0n) is 13.1. The lowest BCUT2D eigenvalue weighted by atomic mass is 9.98. The summed E-state index contributed by atoms with van der Waals surface area (Å²) in [6, 6.07) is 16.6. The number of methoxy groups -OCH3 is 1. The second-order valence-electron chi connectivity index (χ2n) is 5.15. The van der Waals surface area contributed by atoms with Gasteiger partial charge in [-0.3, -0.25) is 4.79 Å². The van der Waals surface area contributed by atoms with Gasteiger partial charge in [-0.25, -0.2) is 0 Å². The maximum atomic E-state index is 10.4. The summed E-state index contributed by atoms with van der Waals surface area (Å²) in [5, 5.41) is 0. The standard InChI is InChI=1S/C15H12O2.C4H10O/c16-10-17-9-15-13-7-3-1-5-11(13)12-6-2-4-8-14(12)15;1-3-4-5-2/h1-8,10,15H,9H2;3-4H2,1-2H3. The first-order valence-electron chi connectivity index (χ1n) is 7.55. The molecule has 1 aliphatic carbocycles. The summed E-state index contributed by atoms with van der Waals surface area (Å²) in [4.78, 5) is 10.4. The third-order valence-corrected chi connectivity index (χ3v) is 3.70. The molecule has 116 valence electrons. The van der Waals surface area contributed by atoms with E-state index in [1.807, 2.05) is 24.3 Å². The van der Waals surface area contributed by atoms with Crippen LogP contribution in [0.3, 0.4) is 0 Å². The minimum absolute atomic E-state index is 0.174. The second kappa shape index (κ2) is 8.35. The van der Waals surface area contributed by atoms with Gasteiger partial charge in [-0.2, -0.15) is 0 Å². The number of ether oxygens (including phenoxy) is 2. The number of hydrogen-bond acceptors (Lipinski definition) is 3. The van der Waals surface area contributed by atoms with Crippen molar-refractivity contribution >= 4 is 6.47 Å². The van der Waals surface area contributed by atoms with Crippen LogP contribution in [0.2, 0.25) is 0 Å². The number of fused-ring (bicyclic) bond motifs is 3. The van der Waals surface area contributed by atoms with Crippen LogP contribution in [0.5, 0.6) is 0 Å². The Labute approximate surface area is 131 Å². The van der Waals surface area contributed by atoms with E-state index in [9.17, 15) is 4.79 Å². The number of carbonyl (C=O) groups excluding carboxylic acids is 1. The predicted octanol–water partition coefficient (Wildman–Crippen LogP) is 4.01. The quantitative estimate of drug-likeness (QED) is 0.782. The summed E-state index contributed by atoms with van der Waals surface area (Å²) < 4.78 is 9.64. The van der Waals surface area contributed by atoms with E-state index in [-0.39, 0.29) is 5.92 Å². The van der Waals surface area contributed by atoms with Gasteiger partial charge in [0.25, 0.3) is 6.47 Å². The summed E-state index contributed by atoms with van der Waals surface area (Å²) in [5.41, 5.74) is 5.00. The largest absolute Gasteiger partial charge is 0.467 e. The normalized spacial score (nSPS) is 11.9. The highest BCUT2D eigenvalue weighted by Crippen LogP contribution is 2.44. The average molecular weight is 298 g/mol. The Balaban J connectivity index is 0.000000309. The molecule has 0 aromatic heterocycles. The second-order valence-corrected chi connectivity index (χ2v) is 5.15. The van der Waals surface area contributed by atoms with Gasteiger partial charge in [-0.1, -0.05) is 55.5 Å². The highest BCUT2D eigenvalue weighted by Gasteiger charge is 2.28. The summed E-state index contributed by atoms with van der Waals surface area (Å²) >= 11 is 0. The van der Waals surface area contributed by atoms with E-state index in [0.29, 0.717) is 13.1 Å². The molecule has 22 heavy (non-hydrogen) atoms. The third-order valence-electron chi connectivity index (χ3n) is 3.70. The van der Waals surface area contributed by atoms with Crippen molar-refractivity contribution < 1.29 is 14.3 Å². The Kier molecular flexibility index (Phi) is 6.16. The van der Waals surface area contributed by atoms with Crippen LogP contribution in [0, 0.1) is 0 Å². The van der Waals surface area contributed by atoms with Crippen molar-refractivity contribution in [2.75, 3.05) is 20.3 Å². The molecule has 0 saturated carbocycles. The Hall–Kier alpha value is -2.13. The van der Waals surface area contributed by atoms with Crippen LogP contribution in [-0.4, -0.2) is 26.8 Å². The summed E-state index contributed by atoms with van der Waals surface area (Å²) in [5.74, 6) is 0.174. The third kappa shape index (κ3) is 3.55. The van der Waals surface area contributed by atoms with Gasteiger partial charge < -0.3 is 9.47 Å². The fourth-order valence-electron chi connectivity index (χ4n) is 2.78. The molecular formula is C19H22O3. The number of rotatable bonds is 5. The Morgan fingerprint density at radius 2 is 1.55 bits per heavy atom. The van der Waals surface area contributed by atoms with Crippen LogP contribution in [0.4, 0.5) is 0 Å². The highest BCUT2D eigenvalue weighted by molar-refractivity contribution is 5.78. The highest BCUT2D eigenvalue weighted by atomic mass is 16.5. The predicted molar refractivity (Wildman–Crippen MR) is 87.9 cm³/mol. The molecule has 0 radical (unpaired) electrons. The fourth-order valence-corrected chi connectivity index (χ4v) is 2.78. The van der Waals surface area contributed by atoms with Crippen LogP contribution in [0.15, 0.2) is 48.5 Å². The van der Waals surface area contributed by atoms with Gasteiger partial charge in [0.2, 0.25) is 0 Å². The van der Waals surface area contributed by atoms with Gasteiger partial charge in [0.1, 0.15) is 6.61 Å². The van der Waals surface area contributed by atoms with Crippen LogP contribution in [0.1, 0.15) is 30.4 Å². The zero-order chi connectivity index (χ0) is 15.8. The van der Waals surface area contributed by atoms with E-state index >= 15 is 0 Å². The topological polar surface area (TPSA) is 35.5 Å². The van der Waals surface area contributed by atoms with Crippen molar-refractivity contribution in [2.45, 2.75) is 19.3 Å². The molecule has 3 heteroatoms. The van der Waals surface area contributed by atoms with E-state index in [2.05, 4.69) is 31.2 Å². The monoisotopic (exact) mass is 298 g/mol. The van der Waals surface area contributed by atoms with Gasteiger partial charge in [0.15, 0.2) is 0 Å². The van der Waals surface area contributed by atoms with E-state index in [0.717, 1.165) is 13.0 Å². The summed E-state index contributed by atoms with van der Waals surface area (Å²) in [7, 11) is 1.71. The van der Waals surface area contributed by atoms with Crippen molar-refractivity contribution in [2.24, 2.45) is 0 Å². The smallest absolute Gasteiger partial charge is 0.293 e. The molecule has 3 nitrogen and oxygen atoms in total. The SMILES string of the molecule is CCCOC.O=COCC1c2ccccc2-c2ccccc21. The lowest BCUT2D eigenvalue weighted by molar-refractivity contribution is -0.128. The molecule has 0 amide bonds. The number of hydrogen-bond donors (Lipinski definition) is 0. The summed E-state index contributed by atoms with van der Waals surface area (Å²) in [6.07, 6.45) is 1.12. The van der Waals surface area contributed by atoms with Gasteiger partial charge >= 0.3 is 0 Å². The maximum absolute atomic E-state index is 10.4. The van der Waals surface area contributed by atoms with Gasteiger partial charge in [0, 0.05) is 19.6 Å². The summed E-state index contributed by atoms with van der Waals surface area (Å²) in [6.45, 7) is 3.91. The number of carbonyl (C=O) groups is 1. The molecule has 0 saturated heterocycles. The lowest BCUT2D eigenvalue weighted by Gasteiger charge is -2.11. The van der Waals surface area contributed by atoms with E-state index < -0.39 is 0 Å². The minimum Gasteiger partial charge on any atom is -0.467 e. The molecule has 2 aromatic rings. The minimum atomic E-state index is 0.174. The van der Waals surface area contributed by atoms with Crippen molar-refractivity contribution in [1.29, 1.82) is 0 Å². The van der Waals surface area contributed by atoms with Crippen molar-refractivity contribution in [1.82, 2.24) is 0 Å². The molecule has 1 aliphatic rings. The first-order valence-corrected chi connectivity index (χ1v) is 7.55. The molecule has 0 atom stereocenters. The van der Waals surface area contributed by atoms with Crippen LogP contribution < -0.4 is 0 Å². The molecule has 0 fully saturated rings. The average Bonchev–Trinajstić information content (AvgIpc) is 2.88. The van der Waals surface area contributed by atoms with Gasteiger partial charge in [-0.15, -0.1) is 0 Å². The molecule has 0 bridgehead atoms. The molecule has 0 spiro atoms. The van der Waals surface area contributed by atoms with Crippen LogP contribution in [0.25, 0.3) is 11.1 Å². The van der Waals surface area contributed by atoms with Crippen molar-refractivity contribution in [3.63, 3.8) is 0 Å².